The van der Waals surface area contributed by atoms with Crippen molar-refractivity contribution < 1.29 is 4.79 Å². The average molecular weight is 305 g/mol. The fourth-order valence-corrected chi connectivity index (χ4v) is 2.07. The minimum atomic E-state index is -0.288. The Labute approximate surface area is 133 Å². The summed E-state index contributed by atoms with van der Waals surface area (Å²) < 4.78 is 0. The molecule has 1 aromatic carbocycles. The van der Waals surface area contributed by atoms with Crippen LogP contribution in [0.15, 0.2) is 60.1 Å². The highest BCUT2D eigenvalue weighted by molar-refractivity contribution is 5.95. The maximum Gasteiger partial charge on any atom is 0.271 e. The number of aromatic amines is 1. The van der Waals surface area contributed by atoms with Crippen LogP contribution in [-0.2, 0) is 0 Å². The molecule has 2 aromatic heterocycles. The second kappa shape index (κ2) is 6.65. The molecule has 0 bridgehead atoms. The van der Waals surface area contributed by atoms with Crippen molar-refractivity contribution in [3.8, 4) is 11.3 Å². The summed E-state index contributed by atoms with van der Waals surface area (Å²) in [7, 11) is 0. The van der Waals surface area contributed by atoms with E-state index in [0.717, 1.165) is 16.8 Å². The van der Waals surface area contributed by atoms with Crippen LogP contribution in [0.1, 0.15) is 21.5 Å². The summed E-state index contributed by atoms with van der Waals surface area (Å²) in [6, 6.07) is 11.3. The molecule has 0 saturated carbocycles. The van der Waals surface area contributed by atoms with E-state index in [1.165, 1.54) is 5.56 Å². The van der Waals surface area contributed by atoms with Gasteiger partial charge in [0, 0.05) is 29.1 Å². The fraction of sp³-hybridized carbons (Fsp3) is 0.0588. The predicted molar refractivity (Wildman–Crippen MR) is 88.1 cm³/mol. The number of nitrogens with one attached hydrogen (secondary N) is 2. The molecule has 1 amide bonds. The molecule has 6 nitrogen and oxygen atoms in total. The first kappa shape index (κ1) is 14.6. The minimum Gasteiger partial charge on any atom is -0.277 e. The van der Waals surface area contributed by atoms with Crippen molar-refractivity contribution in [2.45, 2.75) is 6.92 Å². The van der Waals surface area contributed by atoms with Crippen molar-refractivity contribution in [2.75, 3.05) is 0 Å². The maximum absolute atomic E-state index is 11.9. The van der Waals surface area contributed by atoms with Crippen molar-refractivity contribution in [1.29, 1.82) is 0 Å². The first-order chi connectivity index (χ1) is 11.2. The van der Waals surface area contributed by atoms with Gasteiger partial charge in [-0.05, 0) is 19.1 Å². The van der Waals surface area contributed by atoms with Gasteiger partial charge in [0.05, 0.1) is 18.1 Å². The number of benzene rings is 1. The van der Waals surface area contributed by atoms with Gasteiger partial charge in [0.1, 0.15) is 0 Å². The van der Waals surface area contributed by atoms with Gasteiger partial charge in [-0.2, -0.15) is 10.2 Å². The molecular weight excluding hydrogens is 290 g/mol. The standard InChI is InChI=1S/C17H15N5O/c1-12-2-4-13(5-3-12)16-15(10-19-21-16)11-20-22-17(23)14-6-8-18-9-7-14/h2-11H,1H3,(H,19,21)(H,22,23)/b20-11+. The topological polar surface area (TPSA) is 83.0 Å². The number of pyridine rings is 1. The third kappa shape index (κ3) is 3.49. The molecule has 6 heteroatoms. The van der Waals surface area contributed by atoms with Crippen LogP contribution in [0.25, 0.3) is 11.3 Å². The Hall–Kier alpha value is -3.28. The van der Waals surface area contributed by atoms with Crippen LogP contribution in [-0.4, -0.2) is 27.3 Å². The minimum absolute atomic E-state index is 0.288. The Morgan fingerprint density at radius 2 is 1.91 bits per heavy atom. The van der Waals surface area contributed by atoms with E-state index in [-0.39, 0.29) is 5.91 Å². The Kier molecular flexibility index (Phi) is 4.24. The van der Waals surface area contributed by atoms with Crippen LogP contribution >= 0.6 is 0 Å². The van der Waals surface area contributed by atoms with Crippen molar-refractivity contribution in [3.05, 3.63) is 71.7 Å². The smallest absolute Gasteiger partial charge is 0.271 e. The zero-order valence-electron chi connectivity index (χ0n) is 12.5. The molecule has 114 valence electrons. The first-order valence-corrected chi connectivity index (χ1v) is 7.08. The lowest BCUT2D eigenvalue weighted by Gasteiger charge is -2.01. The molecule has 0 unspecified atom stereocenters. The molecule has 0 atom stereocenters. The van der Waals surface area contributed by atoms with Crippen LogP contribution in [0.5, 0.6) is 0 Å². The molecule has 2 N–H and O–H groups in total. The molecule has 23 heavy (non-hydrogen) atoms. The Morgan fingerprint density at radius 1 is 1.17 bits per heavy atom. The molecule has 0 spiro atoms. The van der Waals surface area contributed by atoms with Gasteiger partial charge in [-0.1, -0.05) is 29.8 Å². The van der Waals surface area contributed by atoms with E-state index in [4.69, 9.17) is 0 Å². The number of aromatic nitrogens is 3. The van der Waals surface area contributed by atoms with Gasteiger partial charge in [-0.3, -0.25) is 14.9 Å². The summed E-state index contributed by atoms with van der Waals surface area (Å²) in [6.45, 7) is 2.04. The zero-order chi connectivity index (χ0) is 16.1. The molecular formula is C17H15N5O. The van der Waals surface area contributed by atoms with Gasteiger partial charge in [-0.15, -0.1) is 0 Å². The van der Waals surface area contributed by atoms with E-state index in [1.54, 1.807) is 36.9 Å². The third-order valence-electron chi connectivity index (χ3n) is 3.32. The summed E-state index contributed by atoms with van der Waals surface area (Å²) in [5, 5.41) is 11.0. The van der Waals surface area contributed by atoms with Crippen LogP contribution in [0.3, 0.4) is 0 Å². The second-order valence-corrected chi connectivity index (χ2v) is 5.00. The highest BCUT2D eigenvalue weighted by atomic mass is 16.2. The van der Waals surface area contributed by atoms with Gasteiger partial charge < -0.3 is 0 Å². The van der Waals surface area contributed by atoms with E-state index < -0.39 is 0 Å². The van der Waals surface area contributed by atoms with Crippen molar-refractivity contribution in [2.24, 2.45) is 5.10 Å². The number of carbonyl (C=O) groups excluding carboxylic acids is 1. The first-order valence-electron chi connectivity index (χ1n) is 7.08. The van der Waals surface area contributed by atoms with E-state index in [2.05, 4.69) is 25.7 Å². The van der Waals surface area contributed by atoms with Crippen molar-refractivity contribution in [3.63, 3.8) is 0 Å². The largest absolute Gasteiger partial charge is 0.277 e. The van der Waals surface area contributed by atoms with Gasteiger partial charge in [0.15, 0.2) is 0 Å². The lowest BCUT2D eigenvalue weighted by atomic mass is 10.1. The maximum atomic E-state index is 11.9. The van der Waals surface area contributed by atoms with E-state index in [0.29, 0.717) is 5.56 Å². The number of nitrogens with zero attached hydrogens (tertiary/aromatic N) is 3. The van der Waals surface area contributed by atoms with Crippen LogP contribution in [0.2, 0.25) is 0 Å². The molecule has 0 aliphatic rings. The second-order valence-electron chi connectivity index (χ2n) is 5.00. The van der Waals surface area contributed by atoms with Crippen molar-refractivity contribution in [1.82, 2.24) is 20.6 Å². The number of hydrazone groups is 1. The van der Waals surface area contributed by atoms with E-state index in [1.807, 2.05) is 31.2 Å². The molecule has 0 radical (unpaired) electrons. The SMILES string of the molecule is Cc1ccc(-c2[nH]ncc2/C=N/NC(=O)c2ccncc2)cc1. The lowest BCUT2D eigenvalue weighted by molar-refractivity contribution is 0.0955. The number of carbonyl (C=O) groups is 1. The summed E-state index contributed by atoms with van der Waals surface area (Å²) >= 11 is 0. The lowest BCUT2D eigenvalue weighted by Crippen LogP contribution is -2.17. The number of H-pyrrole nitrogens is 1. The van der Waals surface area contributed by atoms with E-state index in [9.17, 15) is 4.79 Å². The monoisotopic (exact) mass is 305 g/mol. The normalized spacial score (nSPS) is 10.8. The Morgan fingerprint density at radius 3 is 2.65 bits per heavy atom. The molecule has 3 aromatic rings. The summed E-state index contributed by atoms with van der Waals surface area (Å²) in [5.41, 5.74) is 6.84. The zero-order valence-corrected chi connectivity index (χ0v) is 12.5. The van der Waals surface area contributed by atoms with Crippen LogP contribution in [0.4, 0.5) is 0 Å². The highest BCUT2D eigenvalue weighted by Crippen LogP contribution is 2.20. The molecule has 0 fully saturated rings. The summed E-state index contributed by atoms with van der Waals surface area (Å²) in [5.74, 6) is -0.288. The van der Waals surface area contributed by atoms with Crippen molar-refractivity contribution >= 4 is 12.1 Å². The molecule has 0 saturated heterocycles. The van der Waals surface area contributed by atoms with Gasteiger partial charge in [0.25, 0.3) is 5.91 Å². The van der Waals surface area contributed by atoms with Crippen LogP contribution in [0, 0.1) is 6.92 Å². The van der Waals surface area contributed by atoms with Gasteiger partial charge >= 0.3 is 0 Å². The summed E-state index contributed by atoms with van der Waals surface area (Å²) in [4.78, 5) is 15.8. The molecule has 3 rings (SSSR count). The van der Waals surface area contributed by atoms with Gasteiger partial charge in [0.2, 0.25) is 0 Å². The molecule has 0 aliphatic carbocycles. The quantitative estimate of drug-likeness (QED) is 0.574. The van der Waals surface area contributed by atoms with E-state index >= 15 is 0 Å². The number of amides is 1. The number of rotatable bonds is 4. The van der Waals surface area contributed by atoms with Crippen LogP contribution < -0.4 is 5.43 Å². The average Bonchev–Trinajstić information content (AvgIpc) is 3.05. The Bertz CT molecular complexity index is 822. The number of aryl methyl sites for hydroxylation is 1. The Balaban J connectivity index is 1.73. The van der Waals surface area contributed by atoms with Gasteiger partial charge in [-0.25, -0.2) is 5.43 Å². The predicted octanol–water partition coefficient (Wildman–Crippen LogP) is 2.54. The number of hydrogen-bond donors (Lipinski definition) is 2. The molecule has 2 heterocycles. The number of hydrogen-bond acceptors (Lipinski definition) is 4. The fourth-order valence-electron chi connectivity index (χ4n) is 2.07. The highest BCUT2D eigenvalue weighted by Gasteiger charge is 2.06. The third-order valence-corrected chi connectivity index (χ3v) is 3.32. The summed E-state index contributed by atoms with van der Waals surface area (Å²) in [6.07, 6.45) is 6.35. The molecule has 0 aliphatic heterocycles.